The second-order valence-electron chi connectivity index (χ2n) is 9.85. The lowest BCUT2D eigenvalue weighted by atomic mass is 10.0. The highest BCUT2D eigenvalue weighted by Gasteiger charge is 2.27. The number of nitrogens with one attached hydrogen (secondary N) is 2. The van der Waals surface area contributed by atoms with E-state index in [1.807, 2.05) is 30.3 Å². The fourth-order valence-electron chi connectivity index (χ4n) is 4.81. The molecule has 200 valence electrons. The van der Waals surface area contributed by atoms with Crippen LogP contribution in [0.3, 0.4) is 0 Å². The van der Waals surface area contributed by atoms with Crippen LogP contribution in [-0.4, -0.2) is 20.0 Å². The zero-order valence-corrected chi connectivity index (χ0v) is 23.4. The maximum atomic E-state index is 13.9. The van der Waals surface area contributed by atoms with Gasteiger partial charge in [0.05, 0.1) is 42.4 Å². The highest BCUT2D eigenvalue weighted by Crippen LogP contribution is 2.38. The number of pyridine rings is 1. The van der Waals surface area contributed by atoms with Crippen molar-refractivity contribution in [2.75, 3.05) is 10.6 Å². The molecular weight excluding hydrogens is 569 g/mol. The molecule has 1 saturated carbocycles. The SMILES string of the molecule is [2H]C(Nc1cc(Br)c2ncc(C#N)c(NC(CC)c3ccccc3)c2c1)(c1ccc(F)cc1)c1cn(C2CC2)nn1. The molecule has 0 saturated heterocycles. The van der Waals surface area contributed by atoms with Crippen LogP contribution in [0.25, 0.3) is 10.9 Å². The summed E-state index contributed by atoms with van der Waals surface area (Å²) < 4.78 is 26.0. The summed E-state index contributed by atoms with van der Waals surface area (Å²) in [6.07, 6.45) is 6.21. The van der Waals surface area contributed by atoms with E-state index in [1.54, 1.807) is 29.2 Å². The van der Waals surface area contributed by atoms with Crippen molar-refractivity contribution in [1.82, 2.24) is 20.0 Å². The first-order valence-electron chi connectivity index (χ1n) is 13.7. The molecule has 0 amide bonds. The largest absolute Gasteiger partial charge is 0.377 e. The summed E-state index contributed by atoms with van der Waals surface area (Å²) in [6, 6.07) is 20.6. The third-order valence-electron chi connectivity index (χ3n) is 7.06. The van der Waals surface area contributed by atoms with Crippen LogP contribution in [0.5, 0.6) is 0 Å². The van der Waals surface area contributed by atoms with Gasteiger partial charge in [-0.15, -0.1) is 5.10 Å². The van der Waals surface area contributed by atoms with E-state index in [1.165, 1.54) is 12.1 Å². The molecule has 0 aliphatic heterocycles. The predicted molar refractivity (Wildman–Crippen MR) is 157 cm³/mol. The van der Waals surface area contributed by atoms with Crippen molar-refractivity contribution in [2.45, 2.75) is 44.3 Å². The number of rotatable bonds is 9. The van der Waals surface area contributed by atoms with Gasteiger partial charge in [-0.05, 0) is 70.6 Å². The summed E-state index contributed by atoms with van der Waals surface area (Å²) in [6.45, 7) is 2.09. The lowest BCUT2D eigenvalue weighted by Crippen LogP contribution is -2.14. The van der Waals surface area contributed by atoms with Crippen LogP contribution in [0.2, 0.25) is 0 Å². The molecule has 3 aromatic carbocycles. The van der Waals surface area contributed by atoms with Crippen molar-refractivity contribution in [3.05, 3.63) is 112 Å². The Morgan fingerprint density at radius 1 is 1.12 bits per heavy atom. The van der Waals surface area contributed by atoms with Crippen LogP contribution in [0.4, 0.5) is 15.8 Å². The molecule has 2 heterocycles. The van der Waals surface area contributed by atoms with Crippen LogP contribution in [0.1, 0.15) is 68.0 Å². The average molecular weight is 598 g/mol. The summed E-state index contributed by atoms with van der Waals surface area (Å²) in [5.41, 5.74) is 4.36. The van der Waals surface area contributed by atoms with Gasteiger partial charge in [0.25, 0.3) is 0 Å². The van der Waals surface area contributed by atoms with Crippen molar-refractivity contribution in [2.24, 2.45) is 0 Å². The average Bonchev–Trinajstić information content (AvgIpc) is 3.72. The number of nitriles is 1. The molecule has 1 aliphatic carbocycles. The molecule has 5 aromatic rings. The van der Waals surface area contributed by atoms with Gasteiger partial charge < -0.3 is 10.6 Å². The molecule has 9 heteroatoms. The summed E-state index contributed by atoms with van der Waals surface area (Å²) >= 11 is 3.66. The van der Waals surface area contributed by atoms with Gasteiger partial charge >= 0.3 is 0 Å². The quantitative estimate of drug-likeness (QED) is 0.181. The minimum Gasteiger partial charge on any atom is -0.377 e. The van der Waals surface area contributed by atoms with Gasteiger partial charge in [0.2, 0.25) is 0 Å². The Kier molecular flexibility index (Phi) is 6.84. The molecule has 6 rings (SSSR count). The molecule has 1 aliphatic rings. The standard InChI is InChI=1S/C31H27BrFN7/c1-2-27(19-6-4-3-5-7-19)37-29-21(16-34)17-35-31-25(29)14-23(15-26(31)32)36-30(20-8-10-22(33)11-9-20)28-18-40(39-38-28)24-12-13-24/h3-11,14-15,17-18,24,27,30,36H,2,12-13H2,1H3,(H,35,37)/i30D. The Morgan fingerprint density at radius 3 is 2.60 bits per heavy atom. The van der Waals surface area contributed by atoms with E-state index in [-0.39, 0.29) is 11.9 Å². The molecule has 7 nitrogen and oxygen atoms in total. The minimum absolute atomic E-state index is 0.0313. The molecule has 0 bridgehead atoms. The van der Waals surface area contributed by atoms with Crippen molar-refractivity contribution >= 4 is 38.2 Å². The van der Waals surface area contributed by atoms with E-state index < -0.39 is 6.02 Å². The Hall–Kier alpha value is -4.29. The number of hydrogen-bond donors (Lipinski definition) is 2. The first-order chi connectivity index (χ1) is 19.9. The Balaban J connectivity index is 1.46. The fourth-order valence-corrected chi connectivity index (χ4v) is 5.37. The summed E-state index contributed by atoms with van der Waals surface area (Å²) in [4.78, 5) is 4.56. The fraction of sp³-hybridized carbons (Fsp3) is 0.226. The van der Waals surface area contributed by atoms with Crippen LogP contribution in [0.15, 0.2) is 83.6 Å². The predicted octanol–water partition coefficient (Wildman–Crippen LogP) is 7.70. The first kappa shape index (κ1) is 24.7. The number of anilines is 2. The maximum absolute atomic E-state index is 13.9. The van der Waals surface area contributed by atoms with Crippen LogP contribution in [-0.2, 0) is 0 Å². The Labute approximate surface area is 241 Å². The van der Waals surface area contributed by atoms with Crippen LogP contribution in [0, 0.1) is 17.1 Å². The highest BCUT2D eigenvalue weighted by molar-refractivity contribution is 9.10. The maximum Gasteiger partial charge on any atom is 0.123 e. The monoisotopic (exact) mass is 596 g/mol. The number of benzene rings is 3. The molecule has 1 fully saturated rings. The molecule has 2 aromatic heterocycles. The van der Waals surface area contributed by atoms with Crippen LogP contribution >= 0.6 is 15.9 Å². The van der Waals surface area contributed by atoms with Gasteiger partial charge in [0.15, 0.2) is 0 Å². The van der Waals surface area contributed by atoms with Gasteiger partial charge in [-0.2, -0.15) is 5.26 Å². The third kappa shape index (κ3) is 5.27. The molecule has 0 radical (unpaired) electrons. The van der Waals surface area contributed by atoms with Gasteiger partial charge in [-0.25, -0.2) is 9.07 Å². The normalized spacial score (nSPS) is 15.6. The van der Waals surface area contributed by atoms with Gasteiger partial charge in [0.1, 0.15) is 17.6 Å². The summed E-state index contributed by atoms with van der Waals surface area (Å²) in [7, 11) is 0. The number of fused-ring (bicyclic) bond motifs is 1. The summed E-state index contributed by atoms with van der Waals surface area (Å²) in [5.74, 6) is -0.388. The van der Waals surface area contributed by atoms with Gasteiger partial charge in [0, 0.05) is 21.7 Å². The first-order valence-corrected chi connectivity index (χ1v) is 14.0. The van der Waals surface area contributed by atoms with E-state index in [4.69, 9.17) is 0 Å². The topological polar surface area (TPSA) is 91.5 Å². The lowest BCUT2D eigenvalue weighted by molar-refractivity contribution is 0.610. The van der Waals surface area contributed by atoms with Gasteiger partial charge in [-0.1, -0.05) is 54.6 Å². The molecule has 40 heavy (non-hydrogen) atoms. The van der Waals surface area contributed by atoms with E-state index >= 15 is 0 Å². The molecule has 0 spiro atoms. The van der Waals surface area contributed by atoms with Crippen LogP contribution < -0.4 is 10.6 Å². The van der Waals surface area contributed by atoms with Crippen molar-refractivity contribution in [1.29, 1.82) is 5.26 Å². The van der Waals surface area contributed by atoms with E-state index in [0.717, 1.165) is 30.2 Å². The second kappa shape index (κ2) is 11.1. The zero-order valence-electron chi connectivity index (χ0n) is 22.8. The Bertz CT molecular complexity index is 1750. The number of halogens is 2. The van der Waals surface area contributed by atoms with E-state index in [0.29, 0.717) is 44.2 Å². The molecule has 2 atom stereocenters. The molecular formula is C31H27BrFN7. The smallest absolute Gasteiger partial charge is 0.123 e. The number of nitrogens with zero attached hydrogens (tertiary/aromatic N) is 5. The Morgan fingerprint density at radius 2 is 1.90 bits per heavy atom. The third-order valence-corrected chi connectivity index (χ3v) is 7.67. The van der Waals surface area contributed by atoms with E-state index in [2.05, 4.69) is 67.0 Å². The second-order valence-corrected chi connectivity index (χ2v) is 10.7. The van der Waals surface area contributed by atoms with Crippen molar-refractivity contribution in [3.8, 4) is 6.07 Å². The lowest BCUT2D eigenvalue weighted by Gasteiger charge is -2.22. The van der Waals surface area contributed by atoms with Gasteiger partial charge in [-0.3, -0.25) is 4.98 Å². The van der Waals surface area contributed by atoms with Crippen molar-refractivity contribution in [3.63, 3.8) is 0 Å². The van der Waals surface area contributed by atoms with Crippen molar-refractivity contribution < 1.29 is 5.76 Å². The van der Waals surface area contributed by atoms with E-state index in [9.17, 15) is 11.0 Å². The molecule has 2 unspecified atom stereocenters. The summed E-state index contributed by atoms with van der Waals surface area (Å²) in [5, 5.41) is 26.3. The highest BCUT2D eigenvalue weighted by atomic mass is 79.9. The zero-order chi connectivity index (χ0) is 28.6. The minimum atomic E-state index is -1.57. The number of hydrogen-bond acceptors (Lipinski definition) is 6. The number of aromatic nitrogens is 4. The molecule has 2 N–H and O–H groups in total.